The molecule has 0 aromatic carbocycles. The molecule has 1 aromatic heterocycles. The van der Waals surface area contributed by atoms with Crippen molar-refractivity contribution in [2.24, 2.45) is 7.05 Å². The maximum atomic E-state index is 11.3. The first-order chi connectivity index (χ1) is 6.22. The van der Waals surface area contributed by atoms with Gasteiger partial charge in [0.1, 0.15) is 5.78 Å². The molecule has 0 amide bonds. The van der Waals surface area contributed by atoms with E-state index < -0.39 is 0 Å². The molecule has 0 unspecified atom stereocenters. The van der Waals surface area contributed by atoms with Gasteiger partial charge in [0.15, 0.2) is 0 Å². The lowest BCUT2D eigenvalue weighted by molar-refractivity contribution is -0.118. The van der Waals surface area contributed by atoms with E-state index in [-0.39, 0.29) is 0 Å². The number of nitrogens with zero attached hydrogens (tertiary/aromatic N) is 2. The first-order valence-corrected chi connectivity index (χ1v) is 4.71. The van der Waals surface area contributed by atoms with Gasteiger partial charge in [-0.05, 0) is 12.0 Å². The molecule has 0 fully saturated rings. The van der Waals surface area contributed by atoms with Crippen LogP contribution in [0.25, 0.3) is 0 Å². The molecular weight excluding hydrogens is 164 g/mol. The van der Waals surface area contributed by atoms with Gasteiger partial charge in [-0.25, -0.2) is 0 Å². The summed E-state index contributed by atoms with van der Waals surface area (Å²) in [6.45, 7) is 2.09. The number of hydrogen-bond acceptors (Lipinski definition) is 2. The van der Waals surface area contributed by atoms with Gasteiger partial charge >= 0.3 is 0 Å². The van der Waals surface area contributed by atoms with Crippen LogP contribution in [0.2, 0.25) is 0 Å². The van der Waals surface area contributed by atoms with Crippen molar-refractivity contribution < 1.29 is 4.79 Å². The number of unbranched alkanes of at least 4 members (excludes halogenated alkanes) is 1. The SMILES string of the molecule is CCCCC(=O)Cc1cnn(C)c1. The fourth-order valence-electron chi connectivity index (χ4n) is 1.25. The van der Waals surface area contributed by atoms with Crippen molar-refractivity contribution in [1.82, 2.24) is 9.78 Å². The number of ketones is 1. The summed E-state index contributed by atoms with van der Waals surface area (Å²) in [4.78, 5) is 11.3. The van der Waals surface area contributed by atoms with Crippen molar-refractivity contribution >= 4 is 5.78 Å². The van der Waals surface area contributed by atoms with E-state index >= 15 is 0 Å². The van der Waals surface area contributed by atoms with E-state index in [0.29, 0.717) is 18.6 Å². The lowest BCUT2D eigenvalue weighted by Gasteiger charge is -1.95. The van der Waals surface area contributed by atoms with Crippen LogP contribution in [0.4, 0.5) is 0 Å². The molecule has 0 aliphatic heterocycles. The zero-order valence-electron chi connectivity index (χ0n) is 8.29. The minimum absolute atomic E-state index is 0.315. The smallest absolute Gasteiger partial charge is 0.137 e. The fourth-order valence-corrected chi connectivity index (χ4v) is 1.25. The van der Waals surface area contributed by atoms with Gasteiger partial charge in [0.2, 0.25) is 0 Å². The van der Waals surface area contributed by atoms with Crippen LogP contribution in [0.3, 0.4) is 0 Å². The van der Waals surface area contributed by atoms with Crippen LogP contribution in [0, 0.1) is 0 Å². The van der Waals surface area contributed by atoms with Crippen molar-refractivity contribution in [3.8, 4) is 0 Å². The Balaban J connectivity index is 2.36. The van der Waals surface area contributed by atoms with Gasteiger partial charge in [0.25, 0.3) is 0 Å². The third-order valence-electron chi connectivity index (χ3n) is 1.97. The quantitative estimate of drug-likeness (QED) is 0.691. The molecule has 1 heterocycles. The molecule has 0 saturated carbocycles. The van der Waals surface area contributed by atoms with Gasteiger partial charge in [-0.2, -0.15) is 5.10 Å². The van der Waals surface area contributed by atoms with Crippen LogP contribution in [0.1, 0.15) is 31.7 Å². The average Bonchev–Trinajstić information content (AvgIpc) is 2.48. The molecule has 0 bridgehead atoms. The lowest BCUT2D eigenvalue weighted by Crippen LogP contribution is -2.01. The minimum atomic E-state index is 0.315. The Morgan fingerprint density at radius 2 is 2.38 bits per heavy atom. The molecule has 3 heteroatoms. The molecule has 0 saturated heterocycles. The van der Waals surface area contributed by atoms with Crippen molar-refractivity contribution in [2.75, 3.05) is 0 Å². The van der Waals surface area contributed by atoms with Crippen LogP contribution in [-0.4, -0.2) is 15.6 Å². The van der Waals surface area contributed by atoms with Crippen molar-refractivity contribution in [3.05, 3.63) is 18.0 Å². The highest BCUT2D eigenvalue weighted by molar-refractivity contribution is 5.80. The molecule has 0 aliphatic carbocycles. The monoisotopic (exact) mass is 180 g/mol. The maximum Gasteiger partial charge on any atom is 0.137 e. The third kappa shape index (κ3) is 3.40. The number of carbonyl (C=O) groups is 1. The Labute approximate surface area is 78.8 Å². The zero-order chi connectivity index (χ0) is 9.68. The normalized spacial score (nSPS) is 10.3. The zero-order valence-corrected chi connectivity index (χ0v) is 8.29. The van der Waals surface area contributed by atoms with Gasteiger partial charge in [-0.1, -0.05) is 13.3 Å². The summed E-state index contributed by atoms with van der Waals surface area (Å²) in [6.07, 6.45) is 6.96. The number of aromatic nitrogens is 2. The van der Waals surface area contributed by atoms with Crippen LogP contribution in [-0.2, 0) is 18.3 Å². The molecule has 0 atom stereocenters. The van der Waals surface area contributed by atoms with E-state index in [1.54, 1.807) is 10.9 Å². The van der Waals surface area contributed by atoms with Gasteiger partial charge in [0, 0.05) is 26.1 Å². The first kappa shape index (κ1) is 9.96. The number of aryl methyl sites for hydroxylation is 1. The van der Waals surface area contributed by atoms with Crippen molar-refractivity contribution in [3.63, 3.8) is 0 Å². The number of carbonyl (C=O) groups excluding carboxylic acids is 1. The Morgan fingerprint density at radius 3 is 2.92 bits per heavy atom. The highest BCUT2D eigenvalue weighted by atomic mass is 16.1. The van der Waals surface area contributed by atoms with Crippen LogP contribution in [0.5, 0.6) is 0 Å². The molecule has 72 valence electrons. The summed E-state index contributed by atoms with van der Waals surface area (Å²) in [7, 11) is 1.86. The summed E-state index contributed by atoms with van der Waals surface area (Å²) < 4.78 is 1.72. The van der Waals surface area contributed by atoms with Gasteiger partial charge < -0.3 is 0 Å². The Bertz CT molecular complexity index is 278. The van der Waals surface area contributed by atoms with Gasteiger partial charge in [-0.3, -0.25) is 9.48 Å². The Morgan fingerprint density at radius 1 is 1.62 bits per heavy atom. The predicted octanol–water partition coefficient (Wildman–Crippen LogP) is 1.72. The van der Waals surface area contributed by atoms with Crippen LogP contribution >= 0.6 is 0 Å². The van der Waals surface area contributed by atoms with Crippen molar-refractivity contribution in [1.29, 1.82) is 0 Å². The van der Waals surface area contributed by atoms with Crippen LogP contribution in [0.15, 0.2) is 12.4 Å². The van der Waals surface area contributed by atoms with E-state index in [1.807, 2.05) is 13.2 Å². The molecule has 13 heavy (non-hydrogen) atoms. The Kier molecular flexibility index (Phi) is 3.68. The summed E-state index contributed by atoms with van der Waals surface area (Å²) in [5.41, 5.74) is 1.02. The molecule has 1 rings (SSSR count). The second-order valence-corrected chi connectivity index (χ2v) is 3.34. The molecule has 0 N–H and O–H groups in total. The number of Topliss-reactive ketones (excluding diaryl/α,β-unsaturated/α-hetero) is 1. The van der Waals surface area contributed by atoms with E-state index in [0.717, 1.165) is 18.4 Å². The summed E-state index contributed by atoms with van der Waals surface area (Å²) in [6, 6.07) is 0. The predicted molar refractivity (Wildman–Crippen MR) is 51.4 cm³/mol. The molecule has 0 spiro atoms. The minimum Gasteiger partial charge on any atom is -0.299 e. The summed E-state index contributed by atoms with van der Waals surface area (Å²) in [5.74, 6) is 0.315. The molecule has 0 aliphatic rings. The largest absolute Gasteiger partial charge is 0.299 e. The van der Waals surface area contributed by atoms with Gasteiger partial charge in [0.05, 0.1) is 6.20 Å². The molecule has 3 nitrogen and oxygen atoms in total. The second-order valence-electron chi connectivity index (χ2n) is 3.34. The highest BCUT2D eigenvalue weighted by Gasteiger charge is 2.04. The molecule has 1 aromatic rings. The molecular formula is C10H16N2O. The van der Waals surface area contributed by atoms with E-state index in [1.165, 1.54) is 0 Å². The summed E-state index contributed by atoms with van der Waals surface area (Å²) >= 11 is 0. The van der Waals surface area contributed by atoms with E-state index in [4.69, 9.17) is 0 Å². The number of hydrogen-bond donors (Lipinski definition) is 0. The average molecular weight is 180 g/mol. The maximum absolute atomic E-state index is 11.3. The number of rotatable bonds is 5. The molecule has 0 radical (unpaired) electrons. The van der Waals surface area contributed by atoms with Crippen molar-refractivity contribution in [2.45, 2.75) is 32.6 Å². The summed E-state index contributed by atoms with van der Waals surface area (Å²) in [5, 5.41) is 4.01. The lowest BCUT2D eigenvalue weighted by atomic mass is 10.1. The van der Waals surface area contributed by atoms with Gasteiger partial charge in [-0.15, -0.1) is 0 Å². The standard InChI is InChI=1S/C10H16N2O/c1-3-4-5-10(13)6-9-7-11-12(2)8-9/h7-8H,3-6H2,1-2H3. The third-order valence-corrected chi connectivity index (χ3v) is 1.97. The van der Waals surface area contributed by atoms with E-state index in [9.17, 15) is 4.79 Å². The van der Waals surface area contributed by atoms with Crippen LogP contribution < -0.4 is 0 Å². The fraction of sp³-hybridized carbons (Fsp3) is 0.600. The topological polar surface area (TPSA) is 34.9 Å². The first-order valence-electron chi connectivity index (χ1n) is 4.71. The second kappa shape index (κ2) is 4.80. The van der Waals surface area contributed by atoms with E-state index in [2.05, 4.69) is 12.0 Å². The Hall–Kier alpha value is -1.12. The highest BCUT2D eigenvalue weighted by Crippen LogP contribution is 2.03.